The van der Waals surface area contributed by atoms with Crippen molar-refractivity contribution >= 4 is 22.8 Å². The first-order valence-electron chi connectivity index (χ1n) is 8.37. The van der Waals surface area contributed by atoms with Crippen LogP contribution in [0.1, 0.15) is 29.3 Å². The number of primary amides is 1. The number of rotatable bonds is 6. The van der Waals surface area contributed by atoms with Gasteiger partial charge in [0.15, 0.2) is 0 Å². The Labute approximate surface area is 147 Å². The zero-order valence-corrected chi connectivity index (χ0v) is 14.2. The highest BCUT2D eigenvalue weighted by Crippen LogP contribution is 2.26. The largest absolute Gasteiger partial charge is 0.489 e. The van der Waals surface area contributed by atoms with Gasteiger partial charge in [0, 0.05) is 10.9 Å². The lowest BCUT2D eigenvalue weighted by atomic mass is 10.1. The average Bonchev–Trinajstić information content (AvgIpc) is 2.65. The Kier molecular flexibility index (Phi) is 5.14. The molecule has 3 rings (SSSR count). The highest BCUT2D eigenvalue weighted by atomic mass is 16.5. The van der Waals surface area contributed by atoms with Crippen molar-refractivity contribution in [1.29, 1.82) is 0 Å². The molecule has 0 heterocycles. The molecule has 0 spiro atoms. The van der Waals surface area contributed by atoms with Gasteiger partial charge in [-0.05, 0) is 41.1 Å². The van der Waals surface area contributed by atoms with Crippen molar-refractivity contribution in [2.75, 3.05) is 6.61 Å². The lowest BCUT2D eigenvalue weighted by Crippen LogP contribution is -2.10. The Hall–Kier alpha value is -3.07. The summed E-state index contributed by atoms with van der Waals surface area (Å²) < 4.78 is 6.06. The van der Waals surface area contributed by atoms with E-state index in [0.29, 0.717) is 12.2 Å². The van der Waals surface area contributed by atoms with E-state index in [1.54, 1.807) is 12.1 Å². The van der Waals surface area contributed by atoms with Crippen LogP contribution in [0.4, 0.5) is 0 Å². The molecule has 0 aliphatic heterocycles. The van der Waals surface area contributed by atoms with Gasteiger partial charge in [0.25, 0.3) is 0 Å². The molecule has 0 saturated carbocycles. The summed E-state index contributed by atoms with van der Waals surface area (Å²) in [4.78, 5) is 11.1. The van der Waals surface area contributed by atoms with Gasteiger partial charge in [-0.15, -0.1) is 0 Å². The Bertz CT molecular complexity index is 905. The van der Waals surface area contributed by atoms with E-state index in [2.05, 4.69) is 31.2 Å². The fraction of sp³-hybridized carbons (Fsp3) is 0.136. The van der Waals surface area contributed by atoms with E-state index < -0.39 is 5.91 Å². The molecule has 1 amide bonds. The van der Waals surface area contributed by atoms with Gasteiger partial charge >= 0.3 is 0 Å². The monoisotopic (exact) mass is 331 g/mol. The van der Waals surface area contributed by atoms with Gasteiger partial charge in [-0.2, -0.15) is 0 Å². The number of ether oxygens (including phenoxy) is 1. The summed E-state index contributed by atoms with van der Waals surface area (Å²) in [7, 11) is 0. The van der Waals surface area contributed by atoms with E-state index in [1.165, 1.54) is 11.0 Å². The van der Waals surface area contributed by atoms with Gasteiger partial charge in [-0.25, -0.2) is 0 Å². The van der Waals surface area contributed by atoms with Crippen LogP contribution < -0.4 is 10.5 Å². The standard InChI is InChI=1S/C22H21NO2/c1-2-16(14-17-10-12-19(13-11-17)22(23)24)15-25-21-9-5-7-18-6-3-4-8-20(18)21/h3-14H,2,15H2,1H3,(H2,23,24)/b16-14-. The van der Waals surface area contributed by atoms with Crippen LogP contribution in [-0.2, 0) is 0 Å². The van der Waals surface area contributed by atoms with Crippen molar-refractivity contribution in [1.82, 2.24) is 0 Å². The molecule has 2 N–H and O–H groups in total. The molecule has 3 heteroatoms. The van der Waals surface area contributed by atoms with Crippen molar-refractivity contribution in [3.8, 4) is 5.75 Å². The maximum absolute atomic E-state index is 11.1. The zero-order valence-electron chi connectivity index (χ0n) is 14.2. The Morgan fingerprint density at radius 3 is 2.44 bits per heavy atom. The predicted molar refractivity (Wildman–Crippen MR) is 103 cm³/mol. The lowest BCUT2D eigenvalue weighted by Gasteiger charge is -2.11. The van der Waals surface area contributed by atoms with Crippen LogP contribution in [0.25, 0.3) is 16.8 Å². The Morgan fingerprint density at radius 2 is 1.72 bits per heavy atom. The summed E-state index contributed by atoms with van der Waals surface area (Å²) >= 11 is 0. The molecule has 0 aromatic heterocycles. The molecule has 0 aliphatic carbocycles. The second-order valence-corrected chi connectivity index (χ2v) is 5.91. The molecule has 0 atom stereocenters. The number of hydrogen-bond donors (Lipinski definition) is 1. The fourth-order valence-electron chi connectivity index (χ4n) is 2.72. The molecule has 25 heavy (non-hydrogen) atoms. The number of nitrogens with two attached hydrogens (primary N) is 1. The quantitative estimate of drug-likeness (QED) is 0.704. The molecule has 3 aromatic rings. The number of fused-ring (bicyclic) bond motifs is 1. The Balaban J connectivity index is 1.76. The summed E-state index contributed by atoms with van der Waals surface area (Å²) in [5, 5.41) is 2.29. The maximum atomic E-state index is 11.1. The molecule has 0 radical (unpaired) electrons. The molecule has 0 bridgehead atoms. The minimum Gasteiger partial charge on any atom is -0.489 e. The average molecular weight is 331 g/mol. The van der Waals surface area contributed by atoms with Gasteiger partial charge in [-0.1, -0.05) is 61.5 Å². The second-order valence-electron chi connectivity index (χ2n) is 5.91. The van der Waals surface area contributed by atoms with Crippen LogP contribution >= 0.6 is 0 Å². The van der Waals surface area contributed by atoms with E-state index in [1.807, 2.05) is 36.4 Å². The number of benzene rings is 3. The van der Waals surface area contributed by atoms with E-state index >= 15 is 0 Å². The molecule has 3 nitrogen and oxygen atoms in total. The normalized spacial score (nSPS) is 11.5. The molecule has 0 fully saturated rings. The molecule has 3 aromatic carbocycles. The van der Waals surface area contributed by atoms with Crippen LogP contribution in [0.15, 0.2) is 72.3 Å². The minimum atomic E-state index is -0.412. The van der Waals surface area contributed by atoms with E-state index in [0.717, 1.165) is 23.1 Å². The first-order chi connectivity index (χ1) is 12.2. The lowest BCUT2D eigenvalue weighted by molar-refractivity contribution is 0.100. The molecular formula is C22H21NO2. The zero-order chi connectivity index (χ0) is 17.6. The van der Waals surface area contributed by atoms with Crippen molar-refractivity contribution in [2.45, 2.75) is 13.3 Å². The number of amides is 1. The third kappa shape index (κ3) is 4.07. The van der Waals surface area contributed by atoms with Gasteiger partial charge in [0.05, 0.1) is 0 Å². The highest BCUT2D eigenvalue weighted by Gasteiger charge is 2.04. The van der Waals surface area contributed by atoms with E-state index in [4.69, 9.17) is 10.5 Å². The third-order valence-electron chi connectivity index (χ3n) is 4.18. The van der Waals surface area contributed by atoms with Crippen LogP contribution in [0.2, 0.25) is 0 Å². The summed E-state index contributed by atoms with van der Waals surface area (Å²) in [5.74, 6) is 0.479. The first kappa shape index (κ1) is 16.8. The number of hydrogen-bond acceptors (Lipinski definition) is 2. The number of carbonyl (C=O) groups excluding carboxylic acids is 1. The maximum Gasteiger partial charge on any atom is 0.248 e. The van der Waals surface area contributed by atoms with Gasteiger partial charge in [0.1, 0.15) is 12.4 Å². The fourth-order valence-corrected chi connectivity index (χ4v) is 2.72. The first-order valence-corrected chi connectivity index (χ1v) is 8.37. The van der Waals surface area contributed by atoms with E-state index in [-0.39, 0.29) is 0 Å². The van der Waals surface area contributed by atoms with E-state index in [9.17, 15) is 4.79 Å². The SMILES string of the molecule is CC/C(=C/c1ccc(C(N)=O)cc1)COc1cccc2ccccc12. The van der Waals surface area contributed by atoms with Gasteiger partial charge in [0.2, 0.25) is 5.91 Å². The number of carbonyl (C=O) groups is 1. The molecule has 0 aliphatic rings. The molecule has 126 valence electrons. The Morgan fingerprint density at radius 1 is 1.00 bits per heavy atom. The third-order valence-corrected chi connectivity index (χ3v) is 4.18. The van der Waals surface area contributed by atoms with Crippen molar-refractivity contribution in [3.05, 3.63) is 83.4 Å². The van der Waals surface area contributed by atoms with Gasteiger partial charge < -0.3 is 10.5 Å². The van der Waals surface area contributed by atoms with Crippen LogP contribution in [0.3, 0.4) is 0 Å². The highest BCUT2D eigenvalue weighted by molar-refractivity contribution is 5.93. The summed E-state index contributed by atoms with van der Waals surface area (Å²) in [6, 6.07) is 21.6. The smallest absolute Gasteiger partial charge is 0.248 e. The summed E-state index contributed by atoms with van der Waals surface area (Å²) in [5.41, 5.74) is 8.00. The van der Waals surface area contributed by atoms with Crippen LogP contribution in [0, 0.1) is 0 Å². The molecule has 0 saturated heterocycles. The second kappa shape index (κ2) is 7.67. The van der Waals surface area contributed by atoms with Gasteiger partial charge in [-0.3, -0.25) is 4.79 Å². The van der Waals surface area contributed by atoms with Crippen LogP contribution in [-0.4, -0.2) is 12.5 Å². The summed E-state index contributed by atoms with van der Waals surface area (Å²) in [6.45, 7) is 2.64. The van der Waals surface area contributed by atoms with Crippen molar-refractivity contribution in [3.63, 3.8) is 0 Å². The molecular weight excluding hydrogens is 310 g/mol. The minimum absolute atomic E-state index is 0.412. The van der Waals surface area contributed by atoms with Crippen LogP contribution in [0.5, 0.6) is 5.75 Å². The summed E-state index contributed by atoms with van der Waals surface area (Å²) in [6.07, 6.45) is 2.98. The molecule has 0 unspecified atom stereocenters. The topological polar surface area (TPSA) is 52.3 Å². The van der Waals surface area contributed by atoms with Crippen molar-refractivity contribution < 1.29 is 9.53 Å². The van der Waals surface area contributed by atoms with Crippen molar-refractivity contribution in [2.24, 2.45) is 5.73 Å². The predicted octanol–water partition coefficient (Wildman–Crippen LogP) is 4.81.